The molecule has 0 atom stereocenters. The average Bonchev–Trinajstić information content (AvgIpc) is 3.80. The summed E-state index contributed by atoms with van der Waals surface area (Å²) in [5, 5.41) is 9.81. The summed E-state index contributed by atoms with van der Waals surface area (Å²) in [6.07, 6.45) is 4.64. The Morgan fingerprint density at radius 3 is 2.66 bits per heavy atom. The highest BCUT2D eigenvalue weighted by Gasteiger charge is 2.23. The topological polar surface area (TPSA) is 112 Å². The fraction of sp³-hybridized carbons (Fsp3) is 0.0690. The maximum atomic E-state index is 13.5. The van der Waals surface area contributed by atoms with E-state index >= 15 is 0 Å². The van der Waals surface area contributed by atoms with Crippen molar-refractivity contribution < 1.29 is 14.0 Å². The molecule has 41 heavy (non-hydrogen) atoms. The van der Waals surface area contributed by atoms with Gasteiger partial charge in [0.1, 0.15) is 5.82 Å². The number of anilines is 1. The summed E-state index contributed by atoms with van der Waals surface area (Å²) in [7, 11) is 0. The van der Waals surface area contributed by atoms with Gasteiger partial charge in [-0.2, -0.15) is 9.78 Å². The fourth-order valence-electron chi connectivity index (χ4n) is 4.34. The van der Waals surface area contributed by atoms with Gasteiger partial charge in [0.25, 0.3) is 11.5 Å². The number of halogens is 1. The second kappa shape index (κ2) is 11.5. The van der Waals surface area contributed by atoms with Gasteiger partial charge >= 0.3 is 0 Å². The Hall–Kier alpha value is -4.58. The first-order chi connectivity index (χ1) is 20.0. The maximum absolute atomic E-state index is 13.5. The monoisotopic (exact) mass is 601 g/mol. The van der Waals surface area contributed by atoms with Crippen molar-refractivity contribution >= 4 is 51.8 Å². The van der Waals surface area contributed by atoms with Crippen LogP contribution in [-0.4, -0.2) is 31.0 Å². The van der Waals surface area contributed by atoms with Crippen molar-refractivity contribution in [1.29, 1.82) is 0 Å². The van der Waals surface area contributed by atoms with Crippen LogP contribution in [0.2, 0.25) is 4.34 Å². The van der Waals surface area contributed by atoms with Crippen LogP contribution in [0.5, 0.6) is 0 Å². The highest BCUT2D eigenvalue weighted by molar-refractivity contribution is 7.16. The molecule has 0 spiro atoms. The van der Waals surface area contributed by atoms with Gasteiger partial charge in [-0.25, -0.2) is 0 Å². The number of furan rings is 1. The summed E-state index contributed by atoms with van der Waals surface area (Å²) in [5.41, 5.74) is 1.64. The van der Waals surface area contributed by atoms with Crippen LogP contribution in [0.4, 0.5) is 5.82 Å². The lowest BCUT2D eigenvalue weighted by Crippen LogP contribution is -2.25. The Balaban J connectivity index is 1.48. The zero-order valence-electron chi connectivity index (χ0n) is 21.2. The van der Waals surface area contributed by atoms with Crippen LogP contribution in [-0.2, 0) is 13.1 Å². The van der Waals surface area contributed by atoms with Gasteiger partial charge in [0.05, 0.1) is 40.0 Å². The van der Waals surface area contributed by atoms with Crippen LogP contribution in [0.1, 0.15) is 25.1 Å². The van der Waals surface area contributed by atoms with Crippen molar-refractivity contribution in [1.82, 2.24) is 19.3 Å². The fourth-order valence-corrected chi connectivity index (χ4v) is 6.01. The standard InChI is InChI=1S/C29H20ClN5O4S2/c30-25-9-7-19(41-25)16-32-26-14-21(33-35(26)29(38)24-6-3-13-40-24)20-8-10-27(37)34(17-22(36)23-5-2-12-39-23)28(20)18-4-1-11-31-15-18/h1-15,32H,16-17H2. The zero-order chi connectivity index (χ0) is 28.3. The lowest BCUT2D eigenvalue weighted by molar-refractivity contribution is 0.0940. The van der Waals surface area contributed by atoms with Gasteiger partial charge in [-0.3, -0.25) is 23.9 Å². The van der Waals surface area contributed by atoms with Crippen LogP contribution >= 0.6 is 34.3 Å². The number of carbonyl (C=O) groups is 2. The van der Waals surface area contributed by atoms with Gasteiger partial charge in [0.2, 0.25) is 5.78 Å². The number of hydrogen-bond acceptors (Lipinski definition) is 9. The molecule has 9 nitrogen and oxygen atoms in total. The minimum atomic E-state index is -0.380. The van der Waals surface area contributed by atoms with Crippen molar-refractivity contribution in [2.24, 2.45) is 0 Å². The minimum Gasteiger partial charge on any atom is -0.461 e. The molecule has 0 aromatic carbocycles. The van der Waals surface area contributed by atoms with Crippen LogP contribution in [0.15, 0.2) is 100.0 Å². The molecule has 1 N–H and O–H groups in total. The molecule has 0 bridgehead atoms. The predicted molar refractivity (Wildman–Crippen MR) is 159 cm³/mol. The zero-order valence-corrected chi connectivity index (χ0v) is 23.6. The van der Waals surface area contributed by atoms with Gasteiger partial charge in [-0.1, -0.05) is 17.7 Å². The molecule has 204 valence electrons. The lowest BCUT2D eigenvalue weighted by Gasteiger charge is -2.15. The van der Waals surface area contributed by atoms with E-state index in [0.717, 1.165) is 4.88 Å². The number of nitrogens with zero attached hydrogens (tertiary/aromatic N) is 4. The summed E-state index contributed by atoms with van der Waals surface area (Å²) in [6.45, 7) is 0.163. The first-order valence-corrected chi connectivity index (χ1v) is 14.4. The van der Waals surface area contributed by atoms with E-state index in [4.69, 9.17) is 16.0 Å². The van der Waals surface area contributed by atoms with Gasteiger partial charge in [0.15, 0.2) is 5.76 Å². The Bertz CT molecular complexity index is 1890. The van der Waals surface area contributed by atoms with Crippen molar-refractivity contribution in [2.75, 3.05) is 5.32 Å². The Morgan fingerprint density at radius 2 is 1.95 bits per heavy atom. The number of pyridine rings is 2. The van der Waals surface area contributed by atoms with Crippen LogP contribution in [0, 0.1) is 0 Å². The smallest absolute Gasteiger partial charge is 0.290 e. The molecule has 6 aromatic rings. The summed E-state index contributed by atoms with van der Waals surface area (Å²) in [4.78, 5) is 45.4. The van der Waals surface area contributed by atoms with E-state index in [1.165, 1.54) is 44.3 Å². The number of hydrogen-bond donors (Lipinski definition) is 1. The first-order valence-electron chi connectivity index (χ1n) is 12.4. The summed E-state index contributed by atoms with van der Waals surface area (Å²) in [6, 6.07) is 18.7. The van der Waals surface area contributed by atoms with Gasteiger partial charge in [-0.05, 0) is 53.9 Å². The largest absolute Gasteiger partial charge is 0.461 e. The maximum Gasteiger partial charge on any atom is 0.290 e. The molecule has 0 saturated carbocycles. The van der Waals surface area contributed by atoms with E-state index in [0.29, 0.717) is 44.1 Å². The van der Waals surface area contributed by atoms with Crippen LogP contribution in [0.3, 0.4) is 0 Å². The number of nitrogens with one attached hydrogen (secondary N) is 1. The Kier molecular flexibility index (Phi) is 7.47. The first kappa shape index (κ1) is 26.6. The molecular formula is C29H20ClN5O4S2. The second-order valence-electron chi connectivity index (χ2n) is 8.83. The molecule has 0 aliphatic rings. The average molecular weight is 602 g/mol. The van der Waals surface area contributed by atoms with Gasteiger partial charge in [0, 0.05) is 40.5 Å². The highest BCUT2D eigenvalue weighted by Crippen LogP contribution is 2.33. The molecule has 6 aromatic heterocycles. The molecule has 0 aliphatic heterocycles. The summed E-state index contributed by atoms with van der Waals surface area (Å²) >= 11 is 8.85. The molecule has 6 heterocycles. The van der Waals surface area contributed by atoms with E-state index in [9.17, 15) is 14.4 Å². The normalized spacial score (nSPS) is 11.0. The molecule has 6 rings (SSSR count). The van der Waals surface area contributed by atoms with E-state index in [2.05, 4.69) is 15.4 Å². The summed E-state index contributed by atoms with van der Waals surface area (Å²) in [5.74, 6) is -0.0631. The Labute approximate surface area is 246 Å². The number of rotatable bonds is 9. The lowest BCUT2D eigenvalue weighted by atomic mass is 10.0. The SMILES string of the molecule is O=C(Cn1c(-c2cccnc2)c(-c2cc(NCc3ccc(Cl)s3)n(C(=O)c3cccs3)n2)ccc1=O)c1ccco1. The van der Waals surface area contributed by atoms with E-state index in [-0.39, 0.29) is 29.6 Å². The number of thiophene rings is 2. The third kappa shape index (κ3) is 5.55. The van der Waals surface area contributed by atoms with E-state index in [1.54, 1.807) is 60.9 Å². The molecule has 0 saturated heterocycles. The molecule has 12 heteroatoms. The third-order valence-electron chi connectivity index (χ3n) is 6.20. The van der Waals surface area contributed by atoms with Gasteiger partial charge < -0.3 is 9.73 Å². The second-order valence-corrected chi connectivity index (χ2v) is 11.6. The van der Waals surface area contributed by atoms with Crippen LogP contribution in [0.25, 0.3) is 22.5 Å². The number of carbonyl (C=O) groups excluding carboxylic acids is 2. The molecule has 0 radical (unpaired) electrons. The Morgan fingerprint density at radius 1 is 1.05 bits per heavy atom. The van der Waals surface area contributed by atoms with Crippen molar-refractivity contribution in [3.63, 3.8) is 0 Å². The number of ketones is 1. The number of Topliss-reactive ketones (excluding diaryl/α,β-unsaturated/α-hetero) is 1. The molecule has 0 unspecified atom stereocenters. The van der Waals surface area contributed by atoms with Crippen molar-refractivity contribution in [3.8, 4) is 22.5 Å². The summed E-state index contributed by atoms with van der Waals surface area (Å²) < 4.78 is 8.62. The van der Waals surface area contributed by atoms with E-state index < -0.39 is 0 Å². The van der Waals surface area contributed by atoms with Crippen molar-refractivity contribution in [2.45, 2.75) is 13.1 Å². The minimum absolute atomic E-state index is 0.144. The molecule has 0 aliphatic carbocycles. The van der Waals surface area contributed by atoms with Crippen molar-refractivity contribution in [3.05, 3.63) is 121 Å². The third-order valence-corrected chi connectivity index (χ3v) is 8.29. The van der Waals surface area contributed by atoms with Gasteiger partial charge in [-0.15, -0.1) is 22.7 Å². The van der Waals surface area contributed by atoms with Crippen LogP contribution < -0.4 is 10.9 Å². The molecule has 0 amide bonds. The van der Waals surface area contributed by atoms with E-state index in [1.807, 2.05) is 17.5 Å². The quantitative estimate of drug-likeness (QED) is 0.193. The highest BCUT2D eigenvalue weighted by atomic mass is 35.5. The molecular weight excluding hydrogens is 582 g/mol. The number of aromatic nitrogens is 4. The predicted octanol–water partition coefficient (Wildman–Crippen LogP) is 6.33. The molecule has 0 fully saturated rings.